The zero-order chi connectivity index (χ0) is 18.0. The monoisotopic (exact) mass is 370 g/mol. The second-order valence-corrected chi connectivity index (χ2v) is 6.63. The molecule has 0 saturated heterocycles. The molecule has 1 heterocycles. The van der Waals surface area contributed by atoms with Gasteiger partial charge in [0.1, 0.15) is 0 Å². The number of nitrogens with one attached hydrogen (secondary N) is 1. The van der Waals surface area contributed by atoms with E-state index in [4.69, 9.17) is 0 Å². The van der Waals surface area contributed by atoms with Crippen molar-refractivity contribution in [3.63, 3.8) is 0 Å². The lowest BCUT2D eigenvalue weighted by Crippen LogP contribution is -2.26. The molecule has 2 rings (SSSR count). The number of likely N-dealkylation sites (N-methyl/N-ethyl adjacent to an activating group) is 1. The van der Waals surface area contributed by atoms with Crippen LogP contribution in [-0.2, 0) is 6.42 Å². The molecule has 0 aliphatic carbocycles. The lowest BCUT2D eigenvalue weighted by atomic mass is 10.1. The predicted octanol–water partition coefficient (Wildman–Crippen LogP) is 5.21. The third-order valence-electron chi connectivity index (χ3n) is 3.51. The van der Waals surface area contributed by atoms with Gasteiger partial charge in [0.05, 0.1) is 6.42 Å². The SMILES string of the molecule is CN(CCc1c[nH]c2ccc(SC(F)(F)F)cc12)CCC(F)(F)F. The minimum atomic E-state index is -4.36. The van der Waals surface area contributed by atoms with Gasteiger partial charge in [0.2, 0.25) is 0 Å². The number of H-pyrrole nitrogens is 1. The molecule has 0 unspecified atom stereocenters. The Hall–Kier alpha value is -1.35. The summed E-state index contributed by atoms with van der Waals surface area (Å²) in [4.78, 5) is 4.61. The molecule has 1 aromatic carbocycles. The van der Waals surface area contributed by atoms with Crippen LogP contribution in [0, 0.1) is 0 Å². The van der Waals surface area contributed by atoms with Crippen LogP contribution in [0.3, 0.4) is 0 Å². The molecule has 2 nitrogen and oxygen atoms in total. The fraction of sp³-hybridized carbons (Fsp3) is 0.467. The van der Waals surface area contributed by atoms with E-state index < -0.39 is 18.1 Å². The Morgan fingerprint density at radius 2 is 1.79 bits per heavy atom. The van der Waals surface area contributed by atoms with E-state index in [9.17, 15) is 26.3 Å². The fourth-order valence-electron chi connectivity index (χ4n) is 2.30. The average molecular weight is 370 g/mol. The molecular weight excluding hydrogens is 354 g/mol. The maximum absolute atomic E-state index is 12.5. The third-order valence-corrected chi connectivity index (χ3v) is 4.23. The van der Waals surface area contributed by atoms with E-state index in [0.29, 0.717) is 23.9 Å². The third kappa shape index (κ3) is 5.94. The van der Waals surface area contributed by atoms with Gasteiger partial charge in [-0.05, 0) is 49.0 Å². The summed E-state index contributed by atoms with van der Waals surface area (Å²) in [6, 6.07) is 4.41. The standard InChI is InChI=1S/C15H16F6N2S/c1-23(7-5-14(16,17)18)6-4-10-9-22-13-3-2-11(8-12(10)13)24-15(19,20)21/h2-3,8-9,22H,4-7H2,1H3. The number of hydrogen-bond donors (Lipinski definition) is 1. The quantitative estimate of drug-likeness (QED) is 0.556. The summed E-state index contributed by atoms with van der Waals surface area (Å²) in [5, 5.41) is 0.661. The van der Waals surface area contributed by atoms with Crippen molar-refractivity contribution in [2.24, 2.45) is 0 Å². The van der Waals surface area contributed by atoms with E-state index in [1.807, 2.05) is 0 Å². The van der Waals surface area contributed by atoms with Crippen LogP contribution in [0.4, 0.5) is 26.3 Å². The Kier molecular flexibility index (Phi) is 5.74. The second-order valence-electron chi connectivity index (χ2n) is 5.49. The summed E-state index contributed by atoms with van der Waals surface area (Å²) in [7, 11) is 1.59. The van der Waals surface area contributed by atoms with Gasteiger partial charge in [0.15, 0.2) is 0 Å². The molecule has 1 N–H and O–H groups in total. The normalized spacial score (nSPS) is 13.2. The molecule has 0 spiro atoms. The number of thioether (sulfide) groups is 1. The Bertz CT molecular complexity index is 677. The maximum atomic E-state index is 12.5. The minimum Gasteiger partial charge on any atom is -0.361 e. The topological polar surface area (TPSA) is 19.0 Å². The summed E-state index contributed by atoms with van der Waals surface area (Å²) in [6.45, 7) is 0.278. The van der Waals surface area contributed by atoms with Gasteiger partial charge in [-0.2, -0.15) is 26.3 Å². The van der Waals surface area contributed by atoms with Crippen molar-refractivity contribution in [3.05, 3.63) is 30.0 Å². The Morgan fingerprint density at radius 3 is 2.42 bits per heavy atom. The number of nitrogens with zero attached hydrogens (tertiary/aromatic N) is 1. The molecule has 0 radical (unpaired) electrons. The first kappa shape index (κ1) is 19.0. The zero-order valence-corrected chi connectivity index (χ0v) is 13.6. The number of aromatic nitrogens is 1. The first-order chi connectivity index (χ1) is 11.0. The highest BCUT2D eigenvalue weighted by Gasteiger charge is 2.29. The summed E-state index contributed by atoms with van der Waals surface area (Å²) in [6.07, 6.45) is -2.94. The second kappa shape index (κ2) is 7.26. The summed E-state index contributed by atoms with van der Waals surface area (Å²) in [5.74, 6) is 0. The molecule has 0 aliphatic rings. The molecule has 0 saturated carbocycles. The number of rotatable bonds is 6. The van der Waals surface area contributed by atoms with Gasteiger partial charge in [-0.15, -0.1) is 0 Å². The number of halogens is 6. The van der Waals surface area contributed by atoms with Gasteiger partial charge < -0.3 is 9.88 Å². The highest BCUT2D eigenvalue weighted by atomic mass is 32.2. The van der Waals surface area contributed by atoms with Crippen molar-refractivity contribution in [2.45, 2.75) is 29.4 Å². The number of alkyl halides is 6. The molecule has 0 amide bonds. The van der Waals surface area contributed by atoms with E-state index in [1.165, 1.54) is 12.1 Å². The van der Waals surface area contributed by atoms with Crippen LogP contribution in [-0.4, -0.2) is 41.7 Å². The first-order valence-electron chi connectivity index (χ1n) is 7.14. The van der Waals surface area contributed by atoms with Crippen LogP contribution in [0.25, 0.3) is 10.9 Å². The van der Waals surface area contributed by atoms with Crippen LogP contribution in [0.2, 0.25) is 0 Å². The van der Waals surface area contributed by atoms with Crippen LogP contribution < -0.4 is 0 Å². The van der Waals surface area contributed by atoms with Gasteiger partial charge in [-0.25, -0.2) is 0 Å². The van der Waals surface area contributed by atoms with Crippen molar-refractivity contribution in [1.82, 2.24) is 9.88 Å². The molecular formula is C15H16F6N2S. The van der Waals surface area contributed by atoms with E-state index >= 15 is 0 Å². The molecule has 1 aromatic heterocycles. The van der Waals surface area contributed by atoms with Crippen molar-refractivity contribution in [3.8, 4) is 0 Å². The fourth-order valence-corrected chi connectivity index (χ4v) is 2.88. The minimum absolute atomic E-state index is 0.0845. The number of hydrogen-bond acceptors (Lipinski definition) is 2. The maximum Gasteiger partial charge on any atom is 0.446 e. The van der Waals surface area contributed by atoms with Gasteiger partial charge >= 0.3 is 11.7 Å². The highest BCUT2D eigenvalue weighted by molar-refractivity contribution is 8.00. The predicted molar refractivity (Wildman–Crippen MR) is 82.1 cm³/mol. The van der Waals surface area contributed by atoms with E-state index in [-0.39, 0.29) is 23.2 Å². The van der Waals surface area contributed by atoms with Gasteiger partial charge in [-0.1, -0.05) is 0 Å². The number of fused-ring (bicyclic) bond motifs is 1. The number of aromatic amines is 1. The van der Waals surface area contributed by atoms with Crippen molar-refractivity contribution >= 4 is 22.7 Å². The lowest BCUT2D eigenvalue weighted by Gasteiger charge is -2.17. The van der Waals surface area contributed by atoms with E-state index in [0.717, 1.165) is 5.56 Å². The smallest absolute Gasteiger partial charge is 0.361 e. The molecule has 0 aliphatic heterocycles. The molecule has 134 valence electrons. The largest absolute Gasteiger partial charge is 0.446 e. The summed E-state index contributed by atoms with van der Waals surface area (Å²) in [5.41, 5.74) is -2.87. The summed E-state index contributed by atoms with van der Waals surface area (Å²) >= 11 is -0.186. The van der Waals surface area contributed by atoms with Gasteiger partial charge in [0.25, 0.3) is 0 Å². The Balaban J connectivity index is 2.02. The summed E-state index contributed by atoms with van der Waals surface area (Å²) < 4.78 is 74.0. The van der Waals surface area contributed by atoms with E-state index in [2.05, 4.69) is 4.98 Å². The van der Waals surface area contributed by atoms with Crippen molar-refractivity contribution in [1.29, 1.82) is 0 Å². The molecule has 24 heavy (non-hydrogen) atoms. The van der Waals surface area contributed by atoms with Crippen molar-refractivity contribution in [2.75, 3.05) is 20.1 Å². The van der Waals surface area contributed by atoms with Crippen LogP contribution >= 0.6 is 11.8 Å². The van der Waals surface area contributed by atoms with E-state index in [1.54, 1.807) is 24.2 Å². The molecule has 0 fully saturated rings. The lowest BCUT2D eigenvalue weighted by molar-refractivity contribution is -0.137. The van der Waals surface area contributed by atoms with Crippen molar-refractivity contribution < 1.29 is 26.3 Å². The van der Waals surface area contributed by atoms with Gasteiger partial charge in [0, 0.05) is 35.1 Å². The molecule has 2 aromatic rings. The van der Waals surface area contributed by atoms with Crippen LogP contribution in [0.5, 0.6) is 0 Å². The molecule has 0 bridgehead atoms. The van der Waals surface area contributed by atoms with Crippen LogP contribution in [0.1, 0.15) is 12.0 Å². The zero-order valence-electron chi connectivity index (χ0n) is 12.8. The van der Waals surface area contributed by atoms with Crippen LogP contribution in [0.15, 0.2) is 29.3 Å². The Morgan fingerprint density at radius 1 is 1.08 bits per heavy atom. The average Bonchev–Trinajstić information content (AvgIpc) is 2.83. The highest BCUT2D eigenvalue weighted by Crippen LogP contribution is 2.38. The molecule has 9 heteroatoms. The van der Waals surface area contributed by atoms with Gasteiger partial charge in [-0.3, -0.25) is 0 Å². The first-order valence-corrected chi connectivity index (χ1v) is 7.96. The number of benzene rings is 1. The molecule has 0 atom stereocenters. The Labute approximate surface area is 139 Å².